The quantitative estimate of drug-likeness (QED) is 0.492. The van der Waals surface area contributed by atoms with Crippen LogP contribution in [0.25, 0.3) is 0 Å². The molecule has 0 aliphatic carbocycles. The van der Waals surface area contributed by atoms with Crippen molar-refractivity contribution < 1.29 is 11.3 Å². The molecule has 2 nitrogen and oxygen atoms in total. The zero-order valence-corrected chi connectivity index (χ0v) is 3.79. The molecule has 0 saturated carbocycles. The second-order valence-electron chi connectivity index (χ2n) is 1.30. The first-order chi connectivity index (χ1) is 3.39. The molecule has 0 radical (unpaired) electrons. The van der Waals surface area contributed by atoms with Crippen molar-refractivity contribution in [1.29, 1.82) is 0 Å². The predicted octanol–water partition coefficient (Wildman–Crippen LogP) is 1.08. The molecule has 1 aliphatic rings. The number of hydrogen-bond donors (Lipinski definition) is 1. The molecule has 0 spiro atoms. The van der Waals surface area contributed by atoms with E-state index in [1.807, 2.05) is 0 Å². The highest BCUT2D eigenvalue weighted by molar-refractivity contribution is 5.08. The van der Waals surface area contributed by atoms with Gasteiger partial charge in [-0.15, -0.1) is 0 Å². The molecule has 2 heteroatoms. The van der Waals surface area contributed by atoms with Gasteiger partial charge in [0.1, 0.15) is 12.4 Å². The molecular formula is C5H7O2+. The molecule has 1 rings (SSSR count). The lowest BCUT2D eigenvalue weighted by Crippen LogP contribution is -1.94. The minimum absolute atomic E-state index is 0. The molecule has 0 aromatic heterocycles. The van der Waals surface area contributed by atoms with E-state index in [2.05, 4.69) is 4.74 Å². The van der Waals surface area contributed by atoms with Gasteiger partial charge in [0.05, 0.1) is 6.26 Å². The molecule has 1 N–H and O–H groups in total. The monoisotopic (exact) mass is 99.0 g/mol. The molecule has 0 aromatic rings. The maximum Gasteiger partial charge on any atom is 1.00 e. The Balaban J connectivity index is 0.000000490. The number of ether oxygens (including phenoxy) is 1. The SMILES string of the molecule is OC1=CC=COC1.[H+]. The Labute approximate surface area is 43.2 Å². The summed E-state index contributed by atoms with van der Waals surface area (Å²) in [5.41, 5.74) is 0. The Morgan fingerprint density at radius 3 is 3.00 bits per heavy atom. The molecule has 1 heterocycles. The summed E-state index contributed by atoms with van der Waals surface area (Å²) in [6, 6.07) is 0. The van der Waals surface area contributed by atoms with Crippen LogP contribution in [0.3, 0.4) is 0 Å². The first kappa shape index (κ1) is 4.24. The minimum atomic E-state index is 0. The summed E-state index contributed by atoms with van der Waals surface area (Å²) < 4.78 is 4.68. The summed E-state index contributed by atoms with van der Waals surface area (Å²) in [6.45, 7) is 0.316. The fourth-order valence-corrected chi connectivity index (χ4v) is 0.388. The van der Waals surface area contributed by atoms with Gasteiger partial charge in [0.2, 0.25) is 0 Å². The summed E-state index contributed by atoms with van der Waals surface area (Å²) >= 11 is 0. The van der Waals surface area contributed by atoms with Crippen molar-refractivity contribution in [2.75, 3.05) is 6.61 Å². The second kappa shape index (κ2) is 1.69. The van der Waals surface area contributed by atoms with Crippen molar-refractivity contribution in [2.24, 2.45) is 0 Å². The van der Waals surface area contributed by atoms with Crippen LogP contribution in [0.15, 0.2) is 24.2 Å². The van der Waals surface area contributed by atoms with Crippen molar-refractivity contribution in [2.45, 2.75) is 0 Å². The van der Waals surface area contributed by atoms with Gasteiger partial charge in [0, 0.05) is 0 Å². The molecule has 38 valence electrons. The van der Waals surface area contributed by atoms with Gasteiger partial charge in [-0.1, -0.05) is 0 Å². The summed E-state index contributed by atoms with van der Waals surface area (Å²) in [5.74, 6) is 0.280. The molecule has 0 atom stereocenters. The maximum absolute atomic E-state index is 8.59. The van der Waals surface area contributed by atoms with E-state index in [0.717, 1.165) is 0 Å². The van der Waals surface area contributed by atoms with Crippen LogP contribution in [0, 0.1) is 0 Å². The normalized spacial score (nSPS) is 18.0. The van der Waals surface area contributed by atoms with Gasteiger partial charge in [-0.25, -0.2) is 0 Å². The van der Waals surface area contributed by atoms with Crippen LogP contribution < -0.4 is 0 Å². The van der Waals surface area contributed by atoms with Crippen molar-refractivity contribution in [3.8, 4) is 0 Å². The highest BCUT2D eigenvalue weighted by Crippen LogP contribution is 1.96. The number of rotatable bonds is 0. The van der Waals surface area contributed by atoms with Crippen LogP contribution in [0.2, 0.25) is 0 Å². The first-order valence-electron chi connectivity index (χ1n) is 2.06. The largest absolute Gasteiger partial charge is 1.00 e. The fourth-order valence-electron chi connectivity index (χ4n) is 0.388. The van der Waals surface area contributed by atoms with Gasteiger partial charge < -0.3 is 9.84 Å². The molecule has 1 aliphatic heterocycles. The number of hydrogen-bond acceptors (Lipinski definition) is 2. The van der Waals surface area contributed by atoms with Gasteiger partial charge in [-0.2, -0.15) is 0 Å². The standard InChI is InChI=1S/C5H6O2/c6-5-2-1-3-7-4-5/h1-3,6H,4H2/p+1. The third-order valence-electron chi connectivity index (χ3n) is 0.695. The molecule has 0 fully saturated rings. The third-order valence-corrected chi connectivity index (χ3v) is 0.695. The highest BCUT2D eigenvalue weighted by atomic mass is 16.5. The average Bonchev–Trinajstić information content (AvgIpc) is 1.69. The number of allylic oxidation sites excluding steroid dienone is 2. The van der Waals surface area contributed by atoms with E-state index in [9.17, 15) is 0 Å². The number of aliphatic hydroxyl groups excluding tert-OH is 1. The zero-order valence-electron chi connectivity index (χ0n) is 4.79. The Hall–Kier alpha value is -0.920. The van der Waals surface area contributed by atoms with Crippen LogP contribution in [0.5, 0.6) is 0 Å². The van der Waals surface area contributed by atoms with Crippen LogP contribution in [-0.2, 0) is 4.74 Å². The van der Waals surface area contributed by atoms with Gasteiger partial charge in [0.25, 0.3) is 0 Å². The molecular weight excluding hydrogens is 92.1 g/mol. The lowest BCUT2D eigenvalue weighted by molar-refractivity contribution is 0.217. The van der Waals surface area contributed by atoms with Gasteiger partial charge >= 0.3 is 1.43 Å². The summed E-state index contributed by atoms with van der Waals surface area (Å²) in [6.07, 6.45) is 4.79. The van der Waals surface area contributed by atoms with Crippen molar-refractivity contribution >= 4 is 0 Å². The third kappa shape index (κ3) is 0.961. The second-order valence-corrected chi connectivity index (χ2v) is 1.30. The van der Waals surface area contributed by atoms with E-state index in [-0.39, 0.29) is 7.19 Å². The van der Waals surface area contributed by atoms with Gasteiger partial charge in [-0.3, -0.25) is 0 Å². The molecule has 0 aromatic carbocycles. The molecule has 0 saturated heterocycles. The van der Waals surface area contributed by atoms with Crippen molar-refractivity contribution in [1.82, 2.24) is 0 Å². The Bertz CT molecular complexity index is 118. The smallest absolute Gasteiger partial charge is 0.509 e. The Morgan fingerprint density at radius 1 is 1.86 bits per heavy atom. The summed E-state index contributed by atoms with van der Waals surface area (Å²) in [5, 5.41) is 8.59. The lowest BCUT2D eigenvalue weighted by Gasteiger charge is -2.01. The lowest BCUT2D eigenvalue weighted by atomic mass is 10.4. The van der Waals surface area contributed by atoms with E-state index in [1.54, 1.807) is 18.4 Å². The Morgan fingerprint density at radius 2 is 2.71 bits per heavy atom. The Kier molecular flexibility index (Phi) is 1.02. The molecule has 0 bridgehead atoms. The number of aliphatic hydroxyl groups is 1. The average molecular weight is 99.1 g/mol. The van der Waals surface area contributed by atoms with Crippen LogP contribution in [-0.4, -0.2) is 11.7 Å². The van der Waals surface area contributed by atoms with Crippen LogP contribution >= 0.6 is 0 Å². The van der Waals surface area contributed by atoms with E-state index in [0.29, 0.717) is 6.61 Å². The predicted molar refractivity (Wildman–Crippen MR) is 26.9 cm³/mol. The molecule has 0 unspecified atom stereocenters. The van der Waals surface area contributed by atoms with Crippen molar-refractivity contribution in [3.63, 3.8) is 0 Å². The van der Waals surface area contributed by atoms with Gasteiger partial charge in [0.15, 0.2) is 0 Å². The fraction of sp³-hybridized carbons (Fsp3) is 0.200. The topological polar surface area (TPSA) is 29.5 Å². The van der Waals surface area contributed by atoms with Crippen molar-refractivity contribution in [3.05, 3.63) is 24.2 Å². The molecule has 0 amide bonds. The molecule has 7 heavy (non-hydrogen) atoms. The maximum atomic E-state index is 8.59. The first-order valence-corrected chi connectivity index (χ1v) is 2.06. The zero-order chi connectivity index (χ0) is 5.11. The van der Waals surface area contributed by atoms with Crippen LogP contribution in [0.4, 0.5) is 0 Å². The van der Waals surface area contributed by atoms with Crippen LogP contribution in [0.1, 0.15) is 1.43 Å². The summed E-state index contributed by atoms with van der Waals surface area (Å²) in [4.78, 5) is 0. The van der Waals surface area contributed by atoms with E-state index < -0.39 is 0 Å². The minimum Gasteiger partial charge on any atom is -0.509 e. The van der Waals surface area contributed by atoms with E-state index >= 15 is 0 Å². The van der Waals surface area contributed by atoms with E-state index in [1.165, 1.54) is 0 Å². The van der Waals surface area contributed by atoms with E-state index in [4.69, 9.17) is 5.11 Å². The summed E-state index contributed by atoms with van der Waals surface area (Å²) in [7, 11) is 0. The van der Waals surface area contributed by atoms with Gasteiger partial charge in [-0.05, 0) is 12.2 Å². The highest BCUT2D eigenvalue weighted by Gasteiger charge is 1.91.